The first-order chi connectivity index (χ1) is 7.97. The van der Waals surface area contributed by atoms with E-state index in [1.54, 1.807) is 0 Å². The molecule has 1 aromatic rings. The van der Waals surface area contributed by atoms with Gasteiger partial charge in [0, 0.05) is 29.7 Å². The number of nitrogens with zero attached hydrogens (tertiary/aromatic N) is 1. The molecule has 1 N–H and O–H groups in total. The standard InChI is InChI=1S/C15H24N2/c1-11(16-5)12(2)17-10-15(3,4)13-8-6-7-9-14(13)17/h6-9,11-12,16H,10H2,1-5H3. The number of hydrogen-bond acceptors (Lipinski definition) is 2. The van der Waals surface area contributed by atoms with Crippen LogP contribution in [0.2, 0.25) is 0 Å². The number of fused-ring (bicyclic) bond motifs is 1. The molecule has 0 spiro atoms. The van der Waals surface area contributed by atoms with Crippen LogP contribution in [-0.2, 0) is 5.41 Å². The Bertz CT molecular complexity index is 398. The Kier molecular flexibility index (Phi) is 3.17. The van der Waals surface area contributed by atoms with Crippen molar-refractivity contribution in [2.24, 2.45) is 0 Å². The van der Waals surface area contributed by atoms with Gasteiger partial charge in [-0.3, -0.25) is 0 Å². The SMILES string of the molecule is CNC(C)C(C)N1CC(C)(C)c2ccccc21. The van der Waals surface area contributed by atoms with Crippen molar-refractivity contribution < 1.29 is 0 Å². The number of benzene rings is 1. The van der Waals surface area contributed by atoms with E-state index in [0.29, 0.717) is 12.1 Å². The summed E-state index contributed by atoms with van der Waals surface area (Å²) in [7, 11) is 2.04. The van der Waals surface area contributed by atoms with E-state index in [4.69, 9.17) is 0 Å². The van der Waals surface area contributed by atoms with Crippen molar-refractivity contribution in [2.45, 2.75) is 45.2 Å². The molecule has 1 aromatic carbocycles. The topological polar surface area (TPSA) is 15.3 Å². The molecular formula is C15H24N2. The van der Waals surface area contributed by atoms with E-state index in [9.17, 15) is 0 Å². The molecular weight excluding hydrogens is 208 g/mol. The van der Waals surface area contributed by atoms with Crippen LogP contribution in [0.25, 0.3) is 0 Å². The summed E-state index contributed by atoms with van der Waals surface area (Å²) in [5, 5.41) is 3.36. The summed E-state index contributed by atoms with van der Waals surface area (Å²) in [4.78, 5) is 2.54. The summed E-state index contributed by atoms with van der Waals surface area (Å²) in [6.45, 7) is 10.3. The smallest absolute Gasteiger partial charge is 0.0412 e. The van der Waals surface area contributed by atoms with Crippen LogP contribution >= 0.6 is 0 Å². The number of para-hydroxylation sites is 1. The molecule has 0 aromatic heterocycles. The lowest BCUT2D eigenvalue weighted by atomic mass is 9.87. The predicted molar refractivity (Wildman–Crippen MR) is 74.8 cm³/mol. The minimum atomic E-state index is 0.262. The van der Waals surface area contributed by atoms with Gasteiger partial charge in [-0.05, 0) is 32.5 Å². The van der Waals surface area contributed by atoms with Gasteiger partial charge in [-0.15, -0.1) is 0 Å². The van der Waals surface area contributed by atoms with E-state index in [1.807, 2.05) is 7.05 Å². The highest BCUT2D eigenvalue weighted by Crippen LogP contribution is 2.41. The fourth-order valence-electron chi connectivity index (χ4n) is 2.77. The maximum atomic E-state index is 3.36. The first-order valence-corrected chi connectivity index (χ1v) is 6.51. The highest BCUT2D eigenvalue weighted by Gasteiger charge is 2.37. The van der Waals surface area contributed by atoms with Crippen LogP contribution in [0.3, 0.4) is 0 Å². The zero-order valence-corrected chi connectivity index (χ0v) is 11.6. The van der Waals surface area contributed by atoms with Gasteiger partial charge in [0.1, 0.15) is 0 Å². The van der Waals surface area contributed by atoms with Gasteiger partial charge in [0.25, 0.3) is 0 Å². The molecule has 0 saturated heterocycles. The molecule has 0 bridgehead atoms. The van der Waals surface area contributed by atoms with Crippen molar-refractivity contribution in [1.82, 2.24) is 5.32 Å². The fourth-order valence-corrected chi connectivity index (χ4v) is 2.77. The maximum Gasteiger partial charge on any atom is 0.0412 e. The van der Waals surface area contributed by atoms with Crippen LogP contribution in [0, 0.1) is 0 Å². The molecule has 2 atom stereocenters. The number of nitrogens with one attached hydrogen (secondary N) is 1. The molecule has 17 heavy (non-hydrogen) atoms. The molecule has 1 heterocycles. The Labute approximate surface area is 105 Å². The molecule has 2 rings (SSSR count). The van der Waals surface area contributed by atoms with E-state index in [1.165, 1.54) is 11.3 Å². The average Bonchev–Trinajstić information content (AvgIpc) is 2.60. The first-order valence-electron chi connectivity index (χ1n) is 6.51. The maximum absolute atomic E-state index is 3.36. The molecule has 1 aliphatic heterocycles. The Morgan fingerprint density at radius 3 is 2.53 bits per heavy atom. The van der Waals surface area contributed by atoms with Gasteiger partial charge >= 0.3 is 0 Å². The van der Waals surface area contributed by atoms with Crippen LogP contribution in [0.5, 0.6) is 0 Å². The van der Waals surface area contributed by atoms with Crippen molar-refractivity contribution >= 4 is 5.69 Å². The number of anilines is 1. The third kappa shape index (κ3) is 2.06. The quantitative estimate of drug-likeness (QED) is 0.862. The van der Waals surface area contributed by atoms with Crippen LogP contribution < -0.4 is 10.2 Å². The monoisotopic (exact) mass is 232 g/mol. The van der Waals surface area contributed by atoms with Crippen molar-refractivity contribution in [1.29, 1.82) is 0 Å². The van der Waals surface area contributed by atoms with E-state index < -0.39 is 0 Å². The summed E-state index contributed by atoms with van der Waals surface area (Å²) in [5.74, 6) is 0. The van der Waals surface area contributed by atoms with Gasteiger partial charge in [0.15, 0.2) is 0 Å². The highest BCUT2D eigenvalue weighted by molar-refractivity contribution is 5.62. The normalized spacial score (nSPS) is 21.1. The minimum absolute atomic E-state index is 0.262. The Morgan fingerprint density at radius 1 is 1.24 bits per heavy atom. The third-order valence-electron chi connectivity index (χ3n) is 4.18. The highest BCUT2D eigenvalue weighted by atomic mass is 15.2. The summed E-state index contributed by atoms with van der Waals surface area (Å²) in [6, 6.07) is 9.83. The number of rotatable bonds is 3. The number of likely N-dealkylation sites (N-methyl/N-ethyl adjacent to an activating group) is 1. The van der Waals surface area contributed by atoms with Gasteiger partial charge in [-0.2, -0.15) is 0 Å². The van der Waals surface area contributed by atoms with Gasteiger partial charge in [-0.1, -0.05) is 32.0 Å². The minimum Gasteiger partial charge on any atom is -0.366 e. The molecule has 1 aliphatic rings. The van der Waals surface area contributed by atoms with Crippen LogP contribution in [-0.4, -0.2) is 25.7 Å². The number of hydrogen-bond donors (Lipinski definition) is 1. The van der Waals surface area contributed by atoms with Crippen molar-refractivity contribution in [3.05, 3.63) is 29.8 Å². The van der Waals surface area contributed by atoms with Crippen molar-refractivity contribution in [3.8, 4) is 0 Å². The van der Waals surface area contributed by atoms with Crippen LogP contribution in [0.4, 0.5) is 5.69 Å². The largest absolute Gasteiger partial charge is 0.366 e. The Morgan fingerprint density at radius 2 is 1.88 bits per heavy atom. The summed E-state index contributed by atoms with van der Waals surface area (Å²) >= 11 is 0. The predicted octanol–water partition coefficient (Wildman–Crippen LogP) is 2.78. The van der Waals surface area contributed by atoms with Gasteiger partial charge in [-0.25, -0.2) is 0 Å². The second kappa shape index (κ2) is 4.34. The van der Waals surface area contributed by atoms with Gasteiger partial charge < -0.3 is 10.2 Å². The lowest BCUT2D eigenvalue weighted by molar-refractivity contribution is 0.456. The lowest BCUT2D eigenvalue weighted by Crippen LogP contribution is -2.46. The summed E-state index contributed by atoms with van der Waals surface area (Å²) in [5.41, 5.74) is 3.15. The fraction of sp³-hybridized carbons (Fsp3) is 0.600. The molecule has 0 amide bonds. The van der Waals surface area contributed by atoms with Gasteiger partial charge in [0.05, 0.1) is 0 Å². The first kappa shape index (κ1) is 12.4. The Balaban J connectivity index is 2.35. The second-order valence-corrected chi connectivity index (χ2v) is 5.85. The van der Waals surface area contributed by atoms with Crippen LogP contribution in [0.1, 0.15) is 33.3 Å². The average molecular weight is 232 g/mol. The summed E-state index contributed by atoms with van der Waals surface area (Å²) in [6.07, 6.45) is 0. The van der Waals surface area contributed by atoms with E-state index in [2.05, 4.69) is 62.2 Å². The molecule has 0 fully saturated rings. The molecule has 2 nitrogen and oxygen atoms in total. The van der Waals surface area contributed by atoms with Crippen molar-refractivity contribution in [3.63, 3.8) is 0 Å². The molecule has 0 saturated carbocycles. The lowest BCUT2D eigenvalue weighted by Gasteiger charge is -2.33. The van der Waals surface area contributed by atoms with E-state index in [-0.39, 0.29) is 5.41 Å². The molecule has 94 valence electrons. The van der Waals surface area contributed by atoms with Crippen LogP contribution in [0.15, 0.2) is 24.3 Å². The summed E-state index contributed by atoms with van der Waals surface area (Å²) < 4.78 is 0. The molecule has 2 unspecified atom stereocenters. The van der Waals surface area contributed by atoms with E-state index in [0.717, 1.165) is 6.54 Å². The van der Waals surface area contributed by atoms with Gasteiger partial charge in [0.2, 0.25) is 0 Å². The molecule has 2 heteroatoms. The van der Waals surface area contributed by atoms with E-state index >= 15 is 0 Å². The third-order valence-corrected chi connectivity index (χ3v) is 4.18. The Hall–Kier alpha value is -1.02. The zero-order chi connectivity index (χ0) is 12.6. The molecule has 0 radical (unpaired) electrons. The second-order valence-electron chi connectivity index (χ2n) is 5.85. The van der Waals surface area contributed by atoms with Crippen molar-refractivity contribution in [2.75, 3.05) is 18.5 Å². The molecule has 0 aliphatic carbocycles. The zero-order valence-electron chi connectivity index (χ0n) is 11.6.